The molecule has 118 valence electrons. The van der Waals surface area contributed by atoms with E-state index in [-0.39, 0.29) is 25.1 Å². The monoisotopic (exact) mass is 323 g/mol. The predicted molar refractivity (Wildman–Crippen MR) is 81.5 cm³/mol. The molecule has 7 nitrogen and oxygen atoms in total. The third kappa shape index (κ3) is 4.70. The highest BCUT2D eigenvalue weighted by Crippen LogP contribution is 2.16. The van der Waals surface area contributed by atoms with Gasteiger partial charge in [0.25, 0.3) is 0 Å². The Labute approximate surface area is 133 Å². The Kier molecular flexibility index (Phi) is 5.71. The van der Waals surface area contributed by atoms with Crippen LogP contribution in [0.4, 0.5) is 0 Å². The third-order valence-electron chi connectivity index (χ3n) is 3.10. The molecule has 1 aromatic heterocycles. The molecule has 0 spiro atoms. The van der Waals surface area contributed by atoms with Gasteiger partial charge in [0.2, 0.25) is 5.91 Å². The number of carbonyl (C=O) groups is 1. The second kappa shape index (κ2) is 7.74. The molecular weight excluding hydrogens is 306 g/mol. The number of tetrazole rings is 1. The van der Waals surface area contributed by atoms with Crippen LogP contribution in [0, 0.1) is 0 Å². The molecule has 1 N–H and O–H groups in total. The minimum atomic E-state index is -0.130. The van der Waals surface area contributed by atoms with Crippen molar-refractivity contribution < 1.29 is 9.53 Å². The van der Waals surface area contributed by atoms with Crippen LogP contribution >= 0.6 is 11.6 Å². The highest BCUT2D eigenvalue weighted by molar-refractivity contribution is 6.30. The van der Waals surface area contributed by atoms with Gasteiger partial charge in [0.15, 0.2) is 5.82 Å². The van der Waals surface area contributed by atoms with Crippen molar-refractivity contribution in [3.8, 4) is 5.75 Å². The van der Waals surface area contributed by atoms with Gasteiger partial charge in [-0.25, -0.2) is 4.68 Å². The molecule has 0 saturated heterocycles. The van der Waals surface area contributed by atoms with Gasteiger partial charge in [-0.15, -0.1) is 5.10 Å². The van der Waals surface area contributed by atoms with E-state index in [1.165, 1.54) is 4.68 Å². The number of amides is 1. The Bertz CT molecular complexity index is 614. The van der Waals surface area contributed by atoms with E-state index < -0.39 is 0 Å². The number of rotatable bonds is 7. The molecule has 1 heterocycles. The van der Waals surface area contributed by atoms with E-state index in [2.05, 4.69) is 20.8 Å². The third-order valence-corrected chi connectivity index (χ3v) is 3.35. The maximum atomic E-state index is 11.9. The van der Waals surface area contributed by atoms with Crippen molar-refractivity contribution in [1.82, 2.24) is 25.5 Å². The summed E-state index contributed by atoms with van der Waals surface area (Å²) in [4.78, 5) is 11.9. The molecule has 2 aromatic rings. The highest BCUT2D eigenvalue weighted by atomic mass is 35.5. The molecule has 8 heteroatoms. The molecule has 1 amide bonds. The van der Waals surface area contributed by atoms with Crippen molar-refractivity contribution in [3.63, 3.8) is 0 Å². The van der Waals surface area contributed by atoms with E-state index in [4.69, 9.17) is 16.3 Å². The molecule has 2 rings (SSSR count). The van der Waals surface area contributed by atoms with Crippen molar-refractivity contribution in [2.45, 2.75) is 39.5 Å². The van der Waals surface area contributed by atoms with Crippen molar-refractivity contribution in [2.24, 2.45) is 0 Å². The van der Waals surface area contributed by atoms with Gasteiger partial charge in [-0.2, -0.15) is 0 Å². The van der Waals surface area contributed by atoms with E-state index in [0.717, 1.165) is 6.42 Å². The number of hydrogen-bond donors (Lipinski definition) is 1. The summed E-state index contributed by atoms with van der Waals surface area (Å²) in [7, 11) is 0. The van der Waals surface area contributed by atoms with Gasteiger partial charge in [-0.05, 0) is 48.0 Å². The number of hydrogen-bond acceptors (Lipinski definition) is 5. The summed E-state index contributed by atoms with van der Waals surface area (Å²) in [6, 6.07) is 7.11. The van der Waals surface area contributed by atoms with Gasteiger partial charge in [-0.3, -0.25) is 4.79 Å². The molecule has 1 unspecified atom stereocenters. The molecule has 22 heavy (non-hydrogen) atoms. The summed E-state index contributed by atoms with van der Waals surface area (Å²) in [6.07, 6.45) is 0.869. The topological polar surface area (TPSA) is 81.9 Å². The quantitative estimate of drug-likeness (QED) is 0.840. The fraction of sp³-hybridized carbons (Fsp3) is 0.429. The highest BCUT2D eigenvalue weighted by Gasteiger charge is 2.12. The SMILES string of the molecule is CCC(C)NC(=O)Cn1nnnc1COc1ccc(Cl)cc1. The number of halogens is 1. The first-order chi connectivity index (χ1) is 10.6. The molecule has 0 aliphatic rings. The minimum absolute atomic E-state index is 0.0661. The Morgan fingerprint density at radius 3 is 2.82 bits per heavy atom. The number of benzene rings is 1. The normalized spacial score (nSPS) is 12.0. The number of ether oxygens (including phenoxy) is 1. The van der Waals surface area contributed by atoms with Crippen LogP contribution in [0.15, 0.2) is 24.3 Å². The van der Waals surface area contributed by atoms with Crippen molar-refractivity contribution in [2.75, 3.05) is 0 Å². The van der Waals surface area contributed by atoms with Crippen molar-refractivity contribution in [3.05, 3.63) is 35.1 Å². The standard InChI is InChI=1S/C14H18ClN5O2/c1-3-10(2)16-14(21)8-20-13(17-18-19-20)9-22-12-6-4-11(15)5-7-12/h4-7,10H,3,8-9H2,1-2H3,(H,16,21). The van der Waals surface area contributed by atoms with Crippen LogP contribution in [-0.2, 0) is 17.9 Å². The lowest BCUT2D eigenvalue weighted by atomic mass is 10.2. The molecule has 0 aliphatic heterocycles. The van der Waals surface area contributed by atoms with Gasteiger partial charge in [0.05, 0.1) is 0 Å². The Balaban J connectivity index is 1.91. The van der Waals surface area contributed by atoms with E-state index >= 15 is 0 Å². The second-order valence-corrected chi connectivity index (χ2v) is 5.31. The lowest BCUT2D eigenvalue weighted by Crippen LogP contribution is -2.35. The van der Waals surface area contributed by atoms with Crippen LogP contribution in [-0.4, -0.2) is 32.2 Å². The molecule has 0 fully saturated rings. The zero-order valence-corrected chi connectivity index (χ0v) is 13.2. The first-order valence-corrected chi connectivity index (χ1v) is 7.39. The van der Waals surface area contributed by atoms with Gasteiger partial charge in [0.1, 0.15) is 18.9 Å². The van der Waals surface area contributed by atoms with Crippen molar-refractivity contribution in [1.29, 1.82) is 0 Å². The number of carbonyl (C=O) groups excluding carboxylic acids is 1. The lowest BCUT2D eigenvalue weighted by molar-refractivity contribution is -0.122. The Hall–Kier alpha value is -2.15. The summed E-state index contributed by atoms with van der Waals surface area (Å²) < 4.78 is 7.00. The lowest BCUT2D eigenvalue weighted by Gasteiger charge is -2.11. The zero-order valence-electron chi connectivity index (χ0n) is 12.5. The first-order valence-electron chi connectivity index (χ1n) is 7.01. The Morgan fingerprint density at radius 2 is 2.14 bits per heavy atom. The molecule has 0 radical (unpaired) electrons. The summed E-state index contributed by atoms with van der Waals surface area (Å²) in [5.74, 6) is 1.01. The Morgan fingerprint density at radius 1 is 1.41 bits per heavy atom. The van der Waals surface area contributed by atoms with E-state index in [9.17, 15) is 4.79 Å². The van der Waals surface area contributed by atoms with E-state index in [0.29, 0.717) is 16.6 Å². The smallest absolute Gasteiger partial charge is 0.242 e. The summed E-state index contributed by atoms with van der Waals surface area (Å²) >= 11 is 5.81. The van der Waals surface area contributed by atoms with Gasteiger partial charge in [-0.1, -0.05) is 18.5 Å². The maximum absolute atomic E-state index is 11.9. The second-order valence-electron chi connectivity index (χ2n) is 4.87. The van der Waals surface area contributed by atoms with Crippen LogP contribution < -0.4 is 10.1 Å². The fourth-order valence-corrected chi connectivity index (χ4v) is 1.81. The maximum Gasteiger partial charge on any atom is 0.242 e. The summed E-state index contributed by atoms with van der Waals surface area (Å²) in [5, 5.41) is 14.8. The van der Waals surface area contributed by atoms with Crippen molar-refractivity contribution >= 4 is 17.5 Å². The molecular formula is C14H18ClN5O2. The van der Waals surface area contributed by atoms with Gasteiger partial charge >= 0.3 is 0 Å². The van der Waals surface area contributed by atoms with Crippen LogP contribution in [0.3, 0.4) is 0 Å². The largest absolute Gasteiger partial charge is 0.486 e. The van der Waals surface area contributed by atoms with E-state index in [1.807, 2.05) is 13.8 Å². The van der Waals surface area contributed by atoms with Crippen LogP contribution in [0.2, 0.25) is 5.02 Å². The van der Waals surface area contributed by atoms with Crippen LogP contribution in [0.1, 0.15) is 26.1 Å². The molecule has 1 aromatic carbocycles. The number of nitrogens with one attached hydrogen (secondary N) is 1. The van der Waals surface area contributed by atoms with Gasteiger partial charge in [0, 0.05) is 11.1 Å². The van der Waals surface area contributed by atoms with Crippen LogP contribution in [0.5, 0.6) is 5.75 Å². The van der Waals surface area contributed by atoms with Gasteiger partial charge < -0.3 is 10.1 Å². The fourth-order valence-electron chi connectivity index (χ4n) is 1.69. The summed E-state index contributed by atoms with van der Waals surface area (Å²) in [6.45, 7) is 4.19. The first kappa shape index (κ1) is 16.2. The predicted octanol–water partition coefficient (Wildman–Crippen LogP) is 1.82. The number of aromatic nitrogens is 4. The van der Waals surface area contributed by atoms with E-state index in [1.54, 1.807) is 24.3 Å². The molecule has 1 atom stereocenters. The summed E-state index contributed by atoms with van der Waals surface area (Å²) in [5.41, 5.74) is 0. The number of nitrogens with zero attached hydrogens (tertiary/aromatic N) is 4. The zero-order chi connectivity index (χ0) is 15.9. The molecule has 0 bridgehead atoms. The minimum Gasteiger partial charge on any atom is -0.486 e. The average Bonchev–Trinajstić information content (AvgIpc) is 2.93. The average molecular weight is 324 g/mol. The molecule has 0 saturated carbocycles. The molecule has 0 aliphatic carbocycles. The van der Waals surface area contributed by atoms with Crippen LogP contribution in [0.25, 0.3) is 0 Å².